The van der Waals surface area contributed by atoms with Crippen LogP contribution in [0.25, 0.3) is 0 Å². The molecule has 4 heteroatoms. The second kappa shape index (κ2) is 4.57. The van der Waals surface area contributed by atoms with Crippen molar-refractivity contribution < 1.29 is 4.74 Å². The van der Waals surface area contributed by atoms with Crippen molar-refractivity contribution in [2.75, 3.05) is 32.8 Å². The van der Waals surface area contributed by atoms with Crippen molar-refractivity contribution in [3.63, 3.8) is 0 Å². The van der Waals surface area contributed by atoms with E-state index in [1.165, 1.54) is 0 Å². The second-order valence-corrected chi connectivity index (χ2v) is 3.71. The molecule has 0 spiro atoms. The first-order valence-electron chi connectivity index (χ1n) is 5.13. The summed E-state index contributed by atoms with van der Waals surface area (Å²) in [6.07, 6.45) is 3.98. The average molecular weight is 195 g/mol. The van der Waals surface area contributed by atoms with Gasteiger partial charge < -0.3 is 9.30 Å². The van der Waals surface area contributed by atoms with Crippen molar-refractivity contribution in [2.24, 2.45) is 0 Å². The van der Waals surface area contributed by atoms with Gasteiger partial charge in [-0.05, 0) is 6.92 Å². The molecule has 2 heterocycles. The van der Waals surface area contributed by atoms with Crippen LogP contribution in [0.5, 0.6) is 0 Å². The molecule has 1 aliphatic heterocycles. The number of aromatic nitrogens is 2. The zero-order valence-electron chi connectivity index (χ0n) is 8.65. The summed E-state index contributed by atoms with van der Waals surface area (Å²) in [6, 6.07) is 0. The summed E-state index contributed by atoms with van der Waals surface area (Å²) >= 11 is 0. The lowest BCUT2D eigenvalue weighted by Crippen LogP contribution is -2.38. The molecule has 1 fully saturated rings. The molecule has 0 saturated carbocycles. The minimum Gasteiger partial charge on any atom is -0.379 e. The van der Waals surface area contributed by atoms with Crippen molar-refractivity contribution in [2.45, 2.75) is 13.5 Å². The molecule has 0 radical (unpaired) electrons. The van der Waals surface area contributed by atoms with Crippen LogP contribution in [0, 0.1) is 6.92 Å². The van der Waals surface area contributed by atoms with E-state index in [0.717, 1.165) is 45.1 Å². The van der Waals surface area contributed by atoms with Gasteiger partial charge in [-0.1, -0.05) is 0 Å². The van der Waals surface area contributed by atoms with Crippen LogP contribution in [0.2, 0.25) is 0 Å². The lowest BCUT2D eigenvalue weighted by atomic mass is 10.4. The SMILES string of the molecule is Cc1cn(CCN2CCOCC2)cn1. The van der Waals surface area contributed by atoms with E-state index >= 15 is 0 Å². The molecule has 0 bridgehead atoms. The summed E-state index contributed by atoms with van der Waals surface area (Å²) in [4.78, 5) is 6.63. The number of morpholine rings is 1. The van der Waals surface area contributed by atoms with Gasteiger partial charge in [0.15, 0.2) is 0 Å². The Kier molecular flexibility index (Phi) is 3.16. The largest absolute Gasteiger partial charge is 0.379 e. The van der Waals surface area contributed by atoms with E-state index in [4.69, 9.17) is 4.74 Å². The van der Waals surface area contributed by atoms with Crippen LogP contribution in [0.1, 0.15) is 5.69 Å². The van der Waals surface area contributed by atoms with Crippen molar-refractivity contribution in [1.82, 2.24) is 14.5 Å². The van der Waals surface area contributed by atoms with Crippen LogP contribution >= 0.6 is 0 Å². The molecular weight excluding hydrogens is 178 g/mol. The fourth-order valence-corrected chi connectivity index (χ4v) is 1.68. The minimum absolute atomic E-state index is 0.878. The average Bonchev–Trinajstić information content (AvgIpc) is 2.63. The first-order chi connectivity index (χ1) is 6.84. The maximum absolute atomic E-state index is 5.30. The molecule has 2 rings (SSSR count). The number of imidazole rings is 1. The van der Waals surface area contributed by atoms with Gasteiger partial charge in [-0.15, -0.1) is 0 Å². The normalized spacial score (nSPS) is 18.6. The number of rotatable bonds is 3. The Hall–Kier alpha value is -0.870. The summed E-state index contributed by atoms with van der Waals surface area (Å²) in [7, 11) is 0. The fraction of sp³-hybridized carbons (Fsp3) is 0.700. The van der Waals surface area contributed by atoms with E-state index in [-0.39, 0.29) is 0 Å². The van der Waals surface area contributed by atoms with Gasteiger partial charge in [0.05, 0.1) is 25.2 Å². The van der Waals surface area contributed by atoms with Gasteiger partial charge in [-0.3, -0.25) is 4.90 Å². The first kappa shape index (κ1) is 9.68. The molecule has 0 atom stereocenters. The summed E-state index contributed by atoms with van der Waals surface area (Å²) in [5.74, 6) is 0. The predicted molar refractivity (Wildman–Crippen MR) is 54.2 cm³/mol. The number of aryl methyl sites for hydroxylation is 1. The highest BCUT2D eigenvalue weighted by Gasteiger charge is 2.09. The summed E-state index contributed by atoms with van der Waals surface area (Å²) < 4.78 is 7.44. The Morgan fingerprint density at radius 1 is 1.36 bits per heavy atom. The highest BCUT2D eigenvalue weighted by Crippen LogP contribution is 1.99. The van der Waals surface area contributed by atoms with Crippen molar-refractivity contribution >= 4 is 0 Å². The zero-order chi connectivity index (χ0) is 9.80. The summed E-state index contributed by atoms with van der Waals surface area (Å²) in [5, 5.41) is 0. The van der Waals surface area contributed by atoms with E-state index in [2.05, 4.69) is 20.6 Å². The Bertz CT molecular complexity index is 279. The molecule has 1 saturated heterocycles. The summed E-state index contributed by atoms with van der Waals surface area (Å²) in [6.45, 7) is 8.03. The Morgan fingerprint density at radius 2 is 2.14 bits per heavy atom. The Labute approximate surface area is 84.5 Å². The molecule has 14 heavy (non-hydrogen) atoms. The Balaban J connectivity index is 1.76. The highest BCUT2D eigenvalue weighted by molar-refractivity contribution is 4.92. The lowest BCUT2D eigenvalue weighted by molar-refractivity contribution is 0.0364. The number of nitrogens with zero attached hydrogens (tertiary/aromatic N) is 3. The standard InChI is InChI=1S/C10H17N3O/c1-10-8-13(9-11-10)3-2-12-4-6-14-7-5-12/h8-9H,2-7H2,1H3. The quantitative estimate of drug-likeness (QED) is 0.704. The molecule has 78 valence electrons. The number of hydrogen-bond donors (Lipinski definition) is 0. The van der Waals surface area contributed by atoms with Crippen LogP contribution in [-0.2, 0) is 11.3 Å². The molecule has 1 aromatic heterocycles. The summed E-state index contributed by atoms with van der Waals surface area (Å²) in [5.41, 5.74) is 1.09. The van der Waals surface area contributed by atoms with Gasteiger partial charge in [-0.25, -0.2) is 4.98 Å². The maximum Gasteiger partial charge on any atom is 0.0949 e. The number of ether oxygens (including phenoxy) is 1. The molecule has 0 aromatic carbocycles. The molecule has 1 aromatic rings. The van der Waals surface area contributed by atoms with Gasteiger partial charge in [0, 0.05) is 32.4 Å². The fourth-order valence-electron chi connectivity index (χ4n) is 1.68. The van der Waals surface area contributed by atoms with Crippen LogP contribution in [0.15, 0.2) is 12.5 Å². The van der Waals surface area contributed by atoms with Crippen molar-refractivity contribution in [1.29, 1.82) is 0 Å². The van der Waals surface area contributed by atoms with Gasteiger partial charge in [-0.2, -0.15) is 0 Å². The zero-order valence-corrected chi connectivity index (χ0v) is 8.65. The predicted octanol–water partition coefficient (Wildman–Crippen LogP) is 0.524. The van der Waals surface area contributed by atoms with Crippen LogP contribution in [0.3, 0.4) is 0 Å². The van der Waals surface area contributed by atoms with E-state index in [9.17, 15) is 0 Å². The third kappa shape index (κ3) is 2.56. The van der Waals surface area contributed by atoms with Gasteiger partial charge in [0.1, 0.15) is 0 Å². The molecule has 4 nitrogen and oxygen atoms in total. The maximum atomic E-state index is 5.30. The van der Waals surface area contributed by atoms with Gasteiger partial charge in [0.2, 0.25) is 0 Å². The van der Waals surface area contributed by atoms with E-state index in [1.54, 1.807) is 0 Å². The number of hydrogen-bond acceptors (Lipinski definition) is 3. The second-order valence-electron chi connectivity index (χ2n) is 3.71. The molecular formula is C10H17N3O. The van der Waals surface area contributed by atoms with Gasteiger partial charge in [0.25, 0.3) is 0 Å². The third-order valence-electron chi connectivity index (χ3n) is 2.54. The highest BCUT2D eigenvalue weighted by atomic mass is 16.5. The van der Waals surface area contributed by atoms with Crippen LogP contribution in [-0.4, -0.2) is 47.3 Å². The molecule has 0 unspecified atom stereocenters. The first-order valence-corrected chi connectivity index (χ1v) is 5.13. The van der Waals surface area contributed by atoms with Crippen molar-refractivity contribution in [3.8, 4) is 0 Å². The van der Waals surface area contributed by atoms with Crippen LogP contribution in [0.4, 0.5) is 0 Å². The minimum atomic E-state index is 0.878. The Morgan fingerprint density at radius 3 is 2.79 bits per heavy atom. The molecule has 0 aliphatic carbocycles. The smallest absolute Gasteiger partial charge is 0.0949 e. The lowest BCUT2D eigenvalue weighted by Gasteiger charge is -2.26. The van der Waals surface area contributed by atoms with Crippen LogP contribution < -0.4 is 0 Å². The topological polar surface area (TPSA) is 30.3 Å². The molecule has 0 N–H and O–H groups in total. The van der Waals surface area contributed by atoms with E-state index < -0.39 is 0 Å². The van der Waals surface area contributed by atoms with E-state index in [0.29, 0.717) is 0 Å². The monoisotopic (exact) mass is 195 g/mol. The van der Waals surface area contributed by atoms with Crippen molar-refractivity contribution in [3.05, 3.63) is 18.2 Å². The third-order valence-corrected chi connectivity index (χ3v) is 2.54. The van der Waals surface area contributed by atoms with E-state index in [1.807, 2.05) is 13.3 Å². The molecule has 1 aliphatic rings. The van der Waals surface area contributed by atoms with Gasteiger partial charge >= 0.3 is 0 Å². The molecule has 0 amide bonds.